The number of nitrogens with one attached hydrogen (secondary N) is 1. The van der Waals surface area contributed by atoms with Gasteiger partial charge in [-0.25, -0.2) is 0 Å². The van der Waals surface area contributed by atoms with E-state index in [2.05, 4.69) is 36.0 Å². The number of nitrogens with zero attached hydrogens (tertiary/aromatic N) is 2. The Hall–Kier alpha value is -0.650. The van der Waals surface area contributed by atoms with Crippen molar-refractivity contribution in [1.82, 2.24) is 15.1 Å². The first kappa shape index (κ1) is 15.7. The van der Waals surface area contributed by atoms with Gasteiger partial charge in [-0.1, -0.05) is 6.92 Å². The molecule has 1 amide bonds. The van der Waals surface area contributed by atoms with E-state index in [1.165, 1.54) is 13.0 Å². The van der Waals surface area contributed by atoms with Crippen LogP contribution in [0.3, 0.4) is 0 Å². The lowest BCUT2D eigenvalue weighted by molar-refractivity contribution is -0.119. The summed E-state index contributed by atoms with van der Waals surface area (Å²) in [4.78, 5) is 15.6. The molecule has 0 aromatic carbocycles. The minimum Gasteiger partial charge on any atom is -0.369 e. The Morgan fingerprint density at radius 1 is 1.30 bits per heavy atom. The van der Waals surface area contributed by atoms with E-state index in [0.717, 1.165) is 25.9 Å². The number of likely N-dealkylation sites (tertiary alicyclic amines) is 2. The summed E-state index contributed by atoms with van der Waals surface area (Å²) < 4.78 is 0. The zero-order valence-corrected chi connectivity index (χ0v) is 13.1. The Balaban J connectivity index is 1.76. The molecule has 3 unspecified atom stereocenters. The van der Waals surface area contributed by atoms with Gasteiger partial charge in [0.05, 0.1) is 6.54 Å². The molecule has 116 valence electrons. The molecule has 2 aliphatic rings. The van der Waals surface area contributed by atoms with Crippen molar-refractivity contribution in [2.24, 2.45) is 11.7 Å². The zero-order valence-electron chi connectivity index (χ0n) is 13.1. The highest BCUT2D eigenvalue weighted by atomic mass is 16.1. The van der Waals surface area contributed by atoms with Crippen LogP contribution in [0.4, 0.5) is 0 Å². The Morgan fingerprint density at radius 3 is 2.55 bits per heavy atom. The predicted molar refractivity (Wildman–Crippen MR) is 81.5 cm³/mol. The fraction of sp³-hybridized carbons (Fsp3) is 0.933. The Bertz CT molecular complexity index is 328. The summed E-state index contributed by atoms with van der Waals surface area (Å²) in [5.74, 6) is 0.494. The third-order valence-corrected chi connectivity index (χ3v) is 5.03. The minimum absolute atomic E-state index is 0.214. The fourth-order valence-electron chi connectivity index (χ4n) is 3.55. The van der Waals surface area contributed by atoms with Crippen molar-refractivity contribution in [3.05, 3.63) is 0 Å². The molecule has 3 atom stereocenters. The molecule has 2 heterocycles. The van der Waals surface area contributed by atoms with Crippen LogP contribution in [-0.2, 0) is 4.79 Å². The number of hydrogen-bond acceptors (Lipinski definition) is 4. The maximum Gasteiger partial charge on any atom is 0.231 e. The number of piperidine rings is 2. The van der Waals surface area contributed by atoms with E-state index in [9.17, 15) is 4.79 Å². The summed E-state index contributed by atoms with van der Waals surface area (Å²) in [5.41, 5.74) is 5.25. The van der Waals surface area contributed by atoms with E-state index in [4.69, 9.17) is 5.73 Å². The average molecular weight is 282 g/mol. The quantitative estimate of drug-likeness (QED) is 0.776. The van der Waals surface area contributed by atoms with Crippen LogP contribution in [0.1, 0.15) is 33.1 Å². The van der Waals surface area contributed by atoms with E-state index >= 15 is 0 Å². The number of rotatable bonds is 4. The highest BCUT2D eigenvalue weighted by molar-refractivity contribution is 5.75. The second kappa shape index (κ2) is 6.87. The summed E-state index contributed by atoms with van der Waals surface area (Å²) in [6.45, 7) is 8.22. The van der Waals surface area contributed by atoms with E-state index < -0.39 is 0 Å². The van der Waals surface area contributed by atoms with Crippen molar-refractivity contribution < 1.29 is 4.79 Å². The van der Waals surface area contributed by atoms with Crippen molar-refractivity contribution in [3.8, 4) is 0 Å². The Morgan fingerprint density at radius 2 is 1.95 bits per heavy atom. The number of amides is 1. The monoisotopic (exact) mass is 282 g/mol. The van der Waals surface area contributed by atoms with Crippen LogP contribution in [0.15, 0.2) is 0 Å². The molecule has 20 heavy (non-hydrogen) atoms. The maximum absolute atomic E-state index is 10.9. The van der Waals surface area contributed by atoms with Gasteiger partial charge in [0.2, 0.25) is 5.91 Å². The van der Waals surface area contributed by atoms with Gasteiger partial charge in [-0.3, -0.25) is 9.69 Å². The number of primary amides is 1. The van der Waals surface area contributed by atoms with Gasteiger partial charge in [0.1, 0.15) is 0 Å². The van der Waals surface area contributed by atoms with Crippen LogP contribution in [-0.4, -0.2) is 67.1 Å². The van der Waals surface area contributed by atoms with Gasteiger partial charge in [0.15, 0.2) is 0 Å². The molecule has 0 aromatic heterocycles. The van der Waals surface area contributed by atoms with Crippen LogP contribution >= 0.6 is 0 Å². The van der Waals surface area contributed by atoms with Gasteiger partial charge < -0.3 is 16.0 Å². The number of carbonyl (C=O) groups is 1. The molecule has 2 rings (SSSR count). The molecular formula is C15H30N4O. The number of nitrogens with two attached hydrogens (primary N) is 1. The van der Waals surface area contributed by atoms with Crippen LogP contribution in [0.2, 0.25) is 0 Å². The highest BCUT2D eigenvalue weighted by Crippen LogP contribution is 2.22. The third kappa shape index (κ3) is 4.17. The van der Waals surface area contributed by atoms with Gasteiger partial charge in [-0.05, 0) is 39.2 Å². The lowest BCUT2D eigenvalue weighted by Crippen LogP contribution is -2.55. The molecule has 0 saturated carbocycles. The molecule has 2 aliphatic heterocycles. The van der Waals surface area contributed by atoms with Gasteiger partial charge in [-0.15, -0.1) is 0 Å². The van der Waals surface area contributed by atoms with Crippen molar-refractivity contribution >= 4 is 5.91 Å². The summed E-state index contributed by atoms with van der Waals surface area (Å²) in [7, 11) is 2.22. The lowest BCUT2D eigenvalue weighted by Gasteiger charge is -2.43. The van der Waals surface area contributed by atoms with Gasteiger partial charge in [0, 0.05) is 37.8 Å². The summed E-state index contributed by atoms with van der Waals surface area (Å²) in [6, 6.07) is 1.90. The van der Waals surface area contributed by atoms with Crippen molar-refractivity contribution in [1.29, 1.82) is 0 Å². The number of carbonyl (C=O) groups excluding carboxylic acids is 1. The largest absolute Gasteiger partial charge is 0.369 e. The topological polar surface area (TPSA) is 61.6 Å². The molecule has 5 heteroatoms. The molecule has 0 aromatic rings. The second-order valence-corrected chi connectivity index (χ2v) is 6.79. The minimum atomic E-state index is -0.214. The lowest BCUT2D eigenvalue weighted by atomic mass is 9.88. The summed E-state index contributed by atoms with van der Waals surface area (Å²) in [6.07, 6.45) is 3.49. The first-order valence-electron chi connectivity index (χ1n) is 7.92. The molecule has 0 bridgehead atoms. The SMILES string of the molecule is CC1CN(C)C(C)CC1NC1CCN(CC(N)=O)CC1. The van der Waals surface area contributed by atoms with E-state index in [1.807, 2.05) is 0 Å². The summed E-state index contributed by atoms with van der Waals surface area (Å²) in [5, 5.41) is 3.86. The molecule has 0 radical (unpaired) electrons. The van der Waals surface area contributed by atoms with Crippen LogP contribution in [0, 0.1) is 5.92 Å². The highest BCUT2D eigenvalue weighted by Gasteiger charge is 2.31. The normalized spacial score (nSPS) is 34.2. The molecule has 0 aliphatic carbocycles. The molecule has 2 saturated heterocycles. The molecule has 2 fully saturated rings. The average Bonchev–Trinajstić information content (AvgIpc) is 2.37. The van der Waals surface area contributed by atoms with Crippen LogP contribution in [0.25, 0.3) is 0 Å². The van der Waals surface area contributed by atoms with Crippen molar-refractivity contribution in [2.45, 2.75) is 51.2 Å². The molecule has 3 N–H and O–H groups in total. The van der Waals surface area contributed by atoms with Gasteiger partial charge in [0.25, 0.3) is 0 Å². The third-order valence-electron chi connectivity index (χ3n) is 5.03. The van der Waals surface area contributed by atoms with Crippen molar-refractivity contribution in [2.75, 3.05) is 33.2 Å². The molecule has 5 nitrogen and oxygen atoms in total. The first-order chi connectivity index (χ1) is 9.45. The van der Waals surface area contributed by atoms with Gasteiger partial charge in [-0.2, -0.15) is 0 Å². The van der Waals surface area contributed by atoms with Crippen LogP contribution in [0.5, 0.6) is 0 Å². The second-order valence-electron chi connectivity index (χ2n) is 6.79. The Kier molecular flexibility index (Phi) is 5.41. The van der Waals surface area contributed by atoms with Crippen molar-refractivity contribution in [3.63, 3.8) is 0 Å². The van der Waals surface area contributed by atoms with E-state index in [0.29, 0.717) is 30.6 Å². The maximum atomic E-state index is 10.9. The van der Waals surface area contributed by atoms with E-state index in [1.54, 1.807) is 0 Å². The first-order valence-corrected chi connectivity index (χ1v) is 7.92. The van der Waals surface area contributed by atoms with Crippen LogP contribution < -0.4 is 11.1 Å². The molecule has 0 spiro atoms. The Labute approximate surface area is 122 Å². The fourth-order valence-corrected chi connectivity index (χ4v) is 3.55. The summed E-state index contributed by atoms with van der Waals surface area (Å²) >= 11 is 0. The predicted octanol–water partition coefficient (Wildman–Crippen LogP) is 0.254. The molecular weight excluding hydrogens is 252 g/mol. The number of hydrogen-bond donors (Lipinski definition) is 2. The standard InChI is InChI=1S/C15H30N4O/c1-11-9-18(3)12(2)8-14(11)17-13-4-6-19(7-5-13)10-15(16)20/h11-14,17H,4-10H2,1-3H3,(H2,16,20). The van der Waals surface area contributed by atoms with Gasteiger partial charge >= 0.3 is 0 Å². The van der Waals surface area contributed by atoms with E-state index in [-0.39, 0.29) is 5.91 Å². The zero-order chi connectivity index (χ0) is 14.7. The smallest absolute Gasteiger partial charge is 0.231 e.